The molecule has 0 N–H and O–H groups in total. The van der Waals surface area contributed by atoms with Crippen LogP contribution in [0, 0.1) is 6.92 Å². The molecule has 0 amide bonds. The topological polar surface area (TPSA) is 9.23 Å². The summed E-state index contributed by atoms with van der Waals surface area (Å²) in [5, 5.41) is 0.355. The lowest BCUT2D eigenvalue weighted by atomic mass is 10.1. The van der Waals surface area contributed by atoms with Gasteiger partial charge in [0.1, 0.15) is 11.5 Å². The number of hydrogen-bond acceptors (Lipinski definition) is 1. The van der Waals surface area contributed by atoms with E-state index < -0.39 is 11.7 Å². The van der Waals surface area contributed by atoms with Crippen LogP contribution >= 0.6 is 31.9 Å². The lowest BCUT2D eigenvalue weighted by molar-refractivity contribution is -0.138. The maximum Gasteiger partial charge on any atom is 0.419 e. The molecule has 0 unspecified atom stereocenters. The van der Waals surface area contributed by atoms with Crippen molar-refractivity contribution in [1.82, 2.24) is 0 Å². The molecule has 0 aliphatic rings. The Balaban J connectivity index is 2.44. The lowest BCUT2D eigenvalue weighted by Gasteiger charge is -2.16. The van der Waals surface area contributed by atoms with Gasteiger partial charge in [-0.1, -0.05) is 37.9 Å². The Hall–Kier alpha value is -1.01. The molecule has 0 saturated carbocycles. The average Bonchev–Trinajstić information content (AvgIpc) is 2.41. The van der Waals surface area contributed by atoms with Crippen LogP contribution in [0.1, 0.15) is 16.7 Å². The van der Waals surface area contributed by atoms with Crippen LogP contribution in [0.2, 0.25) is 0 Å². The van der Waals surface area contributed by atoms with Crippen LogP contribution in [0.4, 0.5) is 13.2 Å². The molecular weight excluding hydrogens is 413 g/mol. The van der Waals surface area contributed by atoms with Crippen molar-refractivity contribution in [2.75, 3.05) is 0 Å². The first-order valence-electron chi connectivity index (χ1n) is 6.01. The second-order valence-corrected chi connectivity index (χ2v) is 5.95. The summed E-state index contributed by atoms with van der Waals surface area (Å²) in [4.78, 5) is 0. The Labute approximate surface area is 137 Å². The minimum absolute atomic E-state index is 0.197. The summed E-state index contributed by atoms with van der Waals surface area (Å²) in [7, 11) is 0. The van der Waals surface area contributed by atoms with Gasteiger partial charge < -0.3 is 4.74 Å². The summed E-state index contributed by atoms with van der Waals surface area (Å²) in [6, 6.07) is 9.20. The Kier molecular flexibility index (Phi) is 4.99. The second kappa shape index (κ2) is 6.40. The van der Waals surface area contributed by atoms with E-state index in [2.05, 4.69) is 31.9 Å². The Morgan fingerprint density at radius 2 is 1.71 bits per heavy atom. The lowest BCUT2D eigenvalue weighted by Crippen LogP contribution is -2.08. The van der Waals surface area contributed by atoms with E-state index in [9.17, 15) is 13.2 Å². The van der Waals surface area contributed by atoms with Gasteiger partial charge in [0.05, 0.1) is 5.56 Å². The molecule has 0 spiro atoms. The summed E-state index contributed by atoms with van der Waals surface area (Å²) in [6.45, 7) is 1.78. The van der Waals surface area contributed by atoms with Gasteiger partial charge in [-0.2, -0.15) is 13.2 Å². The Morgan fingerprint density at radius 3 is 2.29 bits per heavy atom. The van der Waals surface area contributed by atoms with Crippen molar-refractivity contribution >= 4 is 31.9 Å². The molecule has 0 radical (unpaired) electrons. The van der Waals surface area contributed by atoms with Gasteiger partial charge in [0.15, 0.2) is 0 Å². The van der Waals surface area contributed by atoms with Gasteiger partial charge in [-0.25, -0.2) is 0 Å². The Bertz CT molecular complexity index is 654. The van der Waals surface area contributed by atoms with E-state index >= 15 is 0 Å². The normalized spacial score (nSPS) is 11.5. The molecule has 0 bridgehead atoms. The van der Waals surface area contributed by atoms with Crippen LogP contribution < -0.4 is 4.74 Å². The summed E-state index contributed by atoms with van der Waals surface area (Å²) >= 11 is 6.46. The third-order valence-corrected chi connectivity index (χ3v) is 4.00. The van der Waals surface area contributed by atoms with Crippen LogP contribution in [0.15, 0.2) is 40.9 Å². The van der Waals surface area contributed by atoms with E-state index in [1.807, 2.05) is 0 Å². The van der Waals surface area contributed by atoms with Crippen molar-refractivity contribution in [1.29, 1.82) is 0 Å². The molecular formula is C15H11Br2F3O. The molecule has 2 aromatic rings. The molecule has 21 heavy (non-hydrogen) atoms. The fourth-order valence-electron chi connectivity index (χ4n) is 1.82. The monoisotopic (exact) mass is 422 g/mol. The number of halogens is 5. The van der Waals surface area contributed by atoms with Crippen LogP contribution in [-0.2, 0) is 11.5 Å². The van der Waals surface area contributed by atoms with E-state index in [1.165, 1.54) is 6.07 Å². The SMILES string of the molecule is Cc1cc(Br)ccc1Oc1ccc(CBr)cc1C(F)(F)F. The van der Waals surface area contributed by atoms with Crippen molar-refractivity contribution in [3.05, 3.63) is 57.6 Å². The first-order valence-corrected chi connectivity index (χ1v) is 7.93. The summed E-state index contributed by atoms with van der Waals surface area (Å²) in [6.07, 6.45) is -4.46. The van der Waals surface area contributed by atoms with Crippen LogP contribution in [0.5, 0.6) is 11.5 Å². The highest BCUT2D eigenvalue weighted by Crippen LogP contribution is 2.39. The predicted octanol–water partition coefficient (Wildman–Crippen LogP) is 6.46. The number of ether oxygens (including phenoxy) is 1. The van der Waals surface area contributed by atoms with Gasteiger partial charge in [0.2, 0.25) is 0 Å². The van der Waals surface area contributed by atoms with E-state index in [0.29, 0.717) is 16.6 Å². The van der Waals surface area contributed by atoms with Crippen molar-refractivity contribution in [3.63, 3.8) is 0 Å². The average molecular weight is 424 g/mol. The van der Waals surface area contributed by atoms with Crippen molar-refractivity contribution in [2.24, 2.45) is 0 Å². The largest absolute Gasteiger partial charge is 0.456 e. The fraction of sp³-hybridized carbons (Fsp3) is 0.200. The number of aryl methyl sites for hydroxylation is 1. The van der Waals surface area contributed by atoms with Crippen LogP contribution in [0.3, 0.4) is 0 Å². The molecule has 112 valence electrons. The van der Waals surface area contributed by atoms with Gasteiger partial charge in [0, 0.05) is 9.80 Å². The van der Waals surface area contributed by atoms with Gasteiger partial charge in [-0.15, -0.1) is 0 Å². The molecule has 2 rings (SSSR count). The molecule has 6 heteroatoms. The molecule has 0 atom stereocenters. The standard InChI is InChI=1S/C15H11Br2F3O/c1-9-6-11(17)3-5-13(9)21-14-4-2-10(8-16)7-12(14)15(18,19)20/h2-7H,8H2,1H3. The smallest absolute Gasteiger partial charge is 0.419 e. The second-order valence-electron chi connectivity index (χ2n) is 4.47. The molecule has 0 heterocycles. The van der Waals surface area contributed by atoms with Crippen molar-refractivity contribution < 1.29 is 17.9 Å². The summed E-state index contributed by atoms with van der Waals surface area (Å²) in [5.74, 6) is 0.202. The number of alkyl halides is 4. The molecule has 0 aliphatic heterocycles. The first-order chi connectivity index (χ1) is 9.81. The van der Waals surface area contributed by atoms with Crippen molar-refractivity contribution in [3.8, 4) is 11.5 Å². The highest BCUT2D eigenvalue weighted by molar-refractivity contribution is 9.10. The zero-order valence-electron chi connectivity index (χ0n) is 11.0. The molecule has 0 aromatic heterocycles. The third-order valence-electron chi connectivity index (χ3n) is 2.86. The first kappa shape index (κ1) is 16.4. The minimum atomic E-state index is -4.46. The summed E-state index contributed by atoms with van der Waals surface area (Å²) < 4.78 is 45.7. The van der Waals surface area contributed by atoms with Crippen molar-refractivity contribution in [2.45, 2.75) is 18.4 Å². The van der Waals surface area contributed by atoms with E-state index in [4.69, 9.17) is 4.74 Å². The van der Waals surface area contributed by atoms with E-state index in [1.54, 1.807) is 31.2 Å². The Morgan fingerprint density at radius 1 is 1.05 bits per heavy atom. The maximum atomic E-state index is 13.1. The number of hydrogen-bond donors (Lipinski definition) is 0. The maximum absolute atomic E-state index is 13.1. The highest BCUT2D eigenvalue weighted by atomic mass is 79.9. The molecule has 0 saturated heterocycles. The molecule has 1 nitrogen and oxygen atoms in total. The third kappa shape index (κ3) is 4.01. The quantitative estimate of drug-likeness (QED) is 0.514. The molecule has 0 aliphatic carbocycles. The van der Waals surface area contributed by atoms with Gasteiger partial charge in [-0.05, 0) is 48.4 Å². The van der Waals surface area contributed by atoms with Crippen LogP contribution in [0.25, 0.3) is 0 Å². The fourth-order valence-corrected chi connectivity index (χ4v) is 2.64. The summed E-state index contributed by atoms with van der Waals surface area (Å²) in [5.41, 5.74) is 0.519. The van der Waals surface area contributed by atoms with Gasteiger partial charge >= 0.3 is 6.18 Å². The highest BCUT2D eigenvalue weighted by Gasteiger charge is 2.34. The van der Waals surface area contributed by atoms with Gasteiger partial charge in [0.25, 0.3) is 0 Å². The zero-order chi connectivity index (χ0) is 15.6. The molecule has 2 aromatic carbocycles. The van der Waals surface area contributed by atoms with E-state index in [-0.39, 0.29) is 5.75 Å². The predicted molar refractivity (Wildman–Crippen MR) is 83.0 cm³/mol. The van der Waals surface area contributed by atoms with Gasteiger partial charge in [-0.3, -0.25) is 0 Å². The van der Waals surface area contributed by atoms with Crippen LogP contribution in [-0.4, -0.2) is 0 Å². The minimum Gasteiger partial charge on any atom is -0.456 e. The zero-order valence-corrected chi connectivity index (χ0v) is 14.1. The molecule has 0 fully saturated rings. The number of rotatable bonds is 3. The van der Waals surface area contributed by atoms with E-state index in [0.717, 1.165) is 16.1 Å². The number of benzene rings is 2.